The van der Waals surface area contributed by atoms with Crippen LogP contribution in [0.4, 0.5) is 0 Å². The monoisotopic (exact) mass is 338 g/mol. The molecule has 0 atom stereocenters. The minimum atomic E-state index is -3.65. The molecule has 0 amide bonds. The molecule has 8 heteroatoms. The van der Waals surface area contributed by atoms with Gasteiger partial charge in [0.15, 0.2) is 6.61 Å². The van der Waals surface area contributed by atoms with Crippen molar-refractivity contribution >= 4 is 26.9 Å². The number of carboxylic acid groups (broad SMARTS) is 1. The van der Waals surface area contributed by atoms with Crippen molar-refractivity contribution in [3.05, 3.63) is 30.5 Å². The molecule has 0 saturated heterocycles. The van der Waals surface area contributed by atoms with E-state index in [0.29, 0.717) is 24.0 Å². The third kappa shape index (κ3) is 3.43. The maximum absolute atomic E-state index is 12.7. The molecule has 0 aliphatic heterocycles. The Hall–Kier alpha value is -2.19. The van der Waals surface area contributed by atoms with Crippen LogP contribution >= 0.6 is 0 Å². The minimum absolute atomic E-state index is 0.131. The number of rotatable bonds is 7. The molecule has 1 heterocycles. The first-order valence-electron chi connectivity index (χ1n) is 7.14. The molecule has 0 bridgehead atoms. The number of benzene rings is 1. The smallest absolute Gasteiger partial charge is 0.341 e. The Balaban J connectivity index is 2.60. The van der Waals surface area contributed by atoms with Gasteiger partial charge in [0.2, 0.25) is 10.0 Å². The number of nitrogens with zero attached hydrogens (tertiary/aromatic N) is 2. The molecule has 0 spiro atoms. The molecule has 0 radical (unpaired) electrons. The highest BCUT2D eigenvalue weighted by Crippen LogP contribution is 2.31. The minimum Gasteiger partial charge on any atom is -0.480 e. The van der Waals surface area contributed by atoms with Crippen LogP contribution in [0.2, 0.25) is 0 Å². The molecule has 23 heavy (non-hydrogen) atoms. The first kappa shape index (κ1) is 17.2. The van der Waals surface area contributed by atoms with Crippen molar-refractivity contribution in [2.45, 2.75) is 18.7 Å². The van der Waals surface area contributed by atoms with Gasteiger partial charge in [0.25, 0.3) is 0 Å². The number of aliphatic carboxylic acids is 1. The van der Waals surface area contributed by atoms with Crippen molar-refractivity contribution in [1.29, 1.82) is 0 Å². The van der Waals surface area contributed by atoms with E-state index >= 15 is 0 Å². The highest BCUT2D eigenvalue weighted by Gasteiger charge is 2.25. The molecule has 1 aromatic heterocycles. The van der Waals surface area contributed by atoms with Crippen LogP contribution in [0.3, 0.4) is 0 Å². The predicted octanol–water partition coefficient (Wildman–Crippen LogP) is 1.73. The summed E-state index contributed by atoms with van der Waals surface area (Å²) in [6, 6.07) is 6.13. The summed E-state index contributed by atoms with van der Waals surface area (Å²) in [5.41, 5.74) is 0.321. The Morgan fingerprint density at radius 3 is 2.57 bits per heavy atom. The van der Waals surface area contributed by atoms with E-state index < -0.39 is 22.6 Å². The van der Waals surface area contributed by atoms with E-state index in [1.807, 2.05) is 0 Å². The third-order valence-electron chi connectivity index (χ3n) is 3.37. The van der Waals surface area contributed by atoms with Crippen molar-refractivity contribution in [2.75, 3.05) is 19.7 Å². The number of pyridine rings is 1. The van der Waals surface area contributed by atoms with Crippen LogP contribution < -0.4 is 4.74 Å². The van der Waals surface area contributed by atoms with E-state index in [1.165, 1.54) is 22.6 Å². The van der Waals surface area contributed by atoms with Gasteiger partial charge in [-0.1, -0.05) is 13.8 Å². The van der Waals surface area contributed by atoms with E-state index in [2.05, 4.69) is 4.98 Å². The summed E-state index contributed by atoms with van der Waals surface area (Å²) in [5, 5.41) is 9.12. The van der Waals surface area contributed by atoms with Crippen LogP contribution in [-0.4, -0.2) is 48.5 Å². The maximum Gasteiger partial charge on any atom is 0.341 e. The topological polar surface area (TPSA) is 96.8 Å². The molecule has 2 rings (SSSR count). The summed E-state index contributed by atoms with van der Waals surface area (Å²) in [7, 11) is -3.65. The quantitative estimate of drug-likeness (QED) is 0.826. The molecule has 0 fully saturated rings. The first-order valence-corrected chi connectivity index (χ1v) is 8.58. The van der Waals surface area contributed by atoms with E-state index in [-0.39, 0.29) is 10.6 Å². The third-order valence-corrected chi connectivity index (χ3v) is 5.48. The Labute approximate surface area is 134 Å². The SMILES string of the molecule is CCN(CC)S(=O)(=O)c1ccc(OCC(=O)O)c2ncccc12. The standard InChI is InChI=1S/C15H18N2O5S/c1-3-17(4-2)23(20,21)13-8-7-12(22-10-14(18)19)15-11(13)6-5-9-16-15/h5-9H,3-4,10H2,1-2H3,(H,18,19). The molecule has 0 aliphatic rings. The zero-order chi connectivity index (χ0) is 17.0. The summed E-state index contributed by atoms with van der Waals surface area (Å²) < 4.78 is 32.0. The fourth-order valence-corrected chi connectivity index (χ4v) is 3.94. The van der Waals surface area contributed by atoms with E-state index in [9.17, 15) is 13.2 Å². The highest BCUT2D eigenvalue weighted by atomic mass is 32.2. The van der Waals surface area contributed by atoms with Gasteiger partial charge in [0, 0.05) is 24.7 Å². The van der Waals surface area contributed by atoms with E-state index in [1.54, 1.807) is 26.0 Å². The van der Waals surface area contributed by atoms with E-state index in [4.69, 9.17) is 9.84 Å². The molecule has 1 N–H and O–H groups in total. The van der Waals surface area contributed by atoms with Gasteiger partial charge in [-0.3, -0.25) is 4.98 Å². The largest absolute Gasteiger partial charge is 0.480 e. The van der Waals surface area contributed by atoms with Gasteiger partial charge in [-0.15, -0.1) is 0 Å². The summed E-state index contributed by atoms with van der Waals surface area (Å²) in [6.45, 7) is 3.74. The average molecular weight is 338 g/mol. The number of fused-ring (bicyclic) bond motifs is 1. The van der Waals surface area contributed by atoms with Crippen molar-refractivity contribution in [2.24, 2.45) is 0 Å². The highest BCUT2D eigenvalue weighted by molar-refractivity contribution is 7.89. The van der Waals surface area contributed by atoms with Crippen LogP contribution in [-0.2, 0) is 14.8 Å². The molecule has 7 nitrogen and oxygen atoms in total. The molecule has 0 aliphatic carbocycles. The van der Waals surface area contributed by atoms with Crippen LogP contribution in [0, 0.1) is 0 Å². The number of hydrogen-bond donors (Lipinski definition) is 1. The van der Waals surface area contributed by atoms with Gasteiger partial charge in [-0.2, -0.15) is 4.31 Å². The zero-order valence-corrected chi connectivity index (χ0v) is 13.7. The van der Waals surface area contributed by atoms with Crippen LogP contribution in [0.25, 0.3) is 10.9 Å². The summed E-state index contributed by atoms with van der Waals surface area (Å²) in [5.74, 6) is -0.879. The Morgan fingerprint density at radius 1 is 1.26 bits per heavy atom. The van der Waals surface area contributed by atoms with Crippen LogP contribution in [0.5, 0.6) is 5.75 Å². The van der Waals surface area contributed by atoms with Gasteiger partial charge in [-0.05, 0) is 24.3 Å². The normalized spacial score (nSPS) is 11.8. The van der Waals surface area contributed by atoms with Crippen molar-refractivity contribution < 1.29 is 23.1 Å². The predicted molar refractivity (Wildman–Crippen MR) is 85.0 cm³/mol. The Morgan fingerprint density at radius 2 is 1.96 bits per heavy atom. The number of carboxylic acids is 1. The lowest BCUT2D eigenvalue weighted by atomic mass is 10.2. The second kappa shape index (κ2) is 6.93. The number of hydrogen-bond acceptors (Lipinski definition) is 5. The number of aromatic nitrogens is 1. The summed E-state index contributed by atoms with van der Waals surface area (Å²) in [4.78, 5) is 14.9. The molecule has 1 aromatic carbocycles. The molecule has 0 unspecified atom stereocenters. The fraction of sp³-hybridized carbons (Fsp3) is 0.333. The van der Waals surface area contributed by atoms with Crippen molar-refractivity contribution in [3.63, 3.8) is 0 Å². The Bertz CT molecular complexity index is 816. The molecular weight excluding hydrogens is 320 g/mol. The van der Waals surface area contributed by atoms with Crippen LogP contribution in [0.15, 0.2) is 35.4 Å². The Kier molecular flexibility index (Phi) is 5.17. The lowest BCUT2D eigenvalue weighted by molar-refractivity contribution is -0.139. The fourth-order valence-electron chi connectivity index (χ4n) is 2.30. The second-order valence-electron chi connectivity index (χ2n) is 4.73. The zero-order valence-electron chi connectivity index (χ0n) is 12.9. The number of ether oxygens (including phenoxy) is 1. The number of carbonyl (C=O) groups is 1. The summed E-state index contributed by atoms with van der Waals surface area (Å²) >= 11 is 0. The van der Waals surface area contributed by atoms with Crippen molar-refractivity contribution in [3.8, 4) is 5.75 Å². The lowest BCUT2D eigenvalue weighted by Crippen LogP contribution is -2.30. The number of sulfonamides is 1. The second-order valence-corrected chi connectivity index (χ2v) is 6.64. The van der Waals surface area contributed by atoms with Gasteiger partial charge in [0.05, 0.1) is 4.90 Å². The maximum atomic E-state index is 12.7. The molecule has 2 aromatic rings. The van der Waals surface area contributed by atoms with Gasteiger partial charge >= 0.3 is 5.97 Å². The van der Waals surface area contributed by atoms with Gasteiger partial charge in [0.1, 0.15) is 11.3 Å². The average Bonchev–Trinajstić information content (AvgIpc) is 2.53. The summed E-state index contributed by atoms with van der Waals surface area (Å²) in [6.07, 6.45) is 1.50. The van der Waals surface area contributed by atoms with Gasteiger partial charge in [-0.25, -0.2) is 13.2 Å². The van der Waals surface area contributed by atoms with Crippen LogP contribution in [0.1, 0.15) is 13.8 Å². The first-order chi connectivity index (χ1) is 10.9. The molecular formula is C15H18N2O5S. The van der Waals surface area contributed by atoms with Crippen molar-refractivity contribution in [1.82, 2.24) is 9.29 Å². The van der Waals surface area contributed by atoms with Gasteiger partial charge < -0.3 is 9.84 Å². The molecule has 0 saturated carbocycles. The van der Waals surface area contributed by atoms with E-state index in [0.717, 1.165) is 0 Å². The lowest BCUT2D eigenvalue weighted by Gasteiger charge is -2.20. The molecule has 124 valence electrons.